The van der Waals surface area contributed by atoms with Crippen molar-refractivity contribution in [2.45, 2.75) is 38.8 Å². The molecule has 2 heterocycles. The summed E-state index contributed by atoms with van der Waals surface area (Å²) in [7, 11) is 3.81. The SMILES string of the molecule is CNC1CCN(C(=O)N(C)C(C)(C)c2ccc(-c3noc(C)n3)cc2)C1. The minimum atomic E-state index is -0.430. The van der Waals surface area contributed by atoms with Crippen LogP contribution in [0.3, 0.4) is 0 Å². The summed E-state index contributed by atoms with van der Waals surface area (Å²) in [5.41, 5.74) is 1.52. The highest BCUT2D eigenvalue weighted by atomic mass is 16.5. The minimum absolute atomic E-state index is 0.0608. The number of nitrogens with zero attached hydrogens (tertiary/aromatic N) is 4. The van der Waals surface area contributed by atoms with Crippen molar-refractivity contribution in [1.82, 2.24) is 25.3 Å². The van der Waals surface area contributed by atoms with E-state index in [2.05, 4.69) is 29.3 Å². The average Bonchev–Trinajstić information content (AvgIpc) is 3.29. The molecule has 1 atom stereocenters. The van der Waals surface area contributed by atoms with Crippen molar-refractivity contribution >= 4 is 6.03 Å². The molecule has 0 bridgehead atoms. The summed E-state index contributed by atoms with van der Waals surface area (Å²) >= 11 is 0. The van der Waals surface area contributed by atoms with Crippen LogP contribution in [0.15, 0.2) is 28.8 Å². The molecule has 1 aromatic heterocycles. The molecule has 1 saturated heterocycles. The number of likely N-dealkylation sites (N-methyl/N-ethyl adjacent to an activating group) is 1. The summed E-state index contributed by atoms with van der Waals surface area (Å²) in [6.07, 6.45) is 0.995. The Morgan fingerprint density at radius 1 is 1.35 bits per heavy atom. The van der Waals surface area contributed by atoms with Crippen molar-refractivity contribution < 1.29 is 9.32 Å². The number of nitrogens with one attached hydrogen (secondary N) is 1. The quantitative estimate of drug-likeness (QED) is 0.910. The molecule has 140 valence electrons. The fourth-order valence-corrected chi connectivity index (χ4v) is 3.26. The molecule has 1 aromatic carbocycles. The second-order valence-corrected chi connectivity index (χ2v) is 7.34. The van der Waals surface area contributed by atoms with Crippen molar-refractivity contribution in [3.63, 3.8) is 0 Å². The van der Waals surface area contributed by atoms with Gasteiger partial charge in [-0.3, -0.25) is 0 Å². The van der Waals surface area contributed by atoms with E-state index in [1.165, 1.54) is 0 Å². The summed E-state index contributed by atoms with van der Waals surface area (Å²) in [5, 5.41) is 7.20. The van der Waals surface area contributed by atoms with Crippen LogP contribution in [0.1, 0.15) is 31.7 Å². The zero-order valence-electron chi connectivity index (χ0n) is 16.1. The van der Waals surface area contributed by atoms with Crippen molar-refractivity contribution in [2.75, 3.05) is 27.2 Å². The zero-order chi connectivity index (χ0) is 18.9. The van der Waals surface area contributed by atoms with E-state index in [0.29, 0.717) is 17.8 Å². The van der Waals surface area contributed by atoms with Crippen LogP contribution in [0.4, 0.5) is 4.79 Å². The maximum absolute atomic E-state index is 12.9. The van der Waals surface area contributed by atoms with Crippen LogP contribution in [0.25, 0.3) is 11.4 Å². The third-order valence-corrected chi connectivity index (χ3v) is 5.37. The van der Waals surface area contributed by atoms with E-state index < -0.39 is 5.54 Å². The molecular formula is C19H27N5O2. The van der Waals surface area contributed by atoms with Gasteiger partial charge in [0.25, 0.3) is 0 Å². The highest BCUT2D eigenvalue weighted by molar-refractivity contribution is 5.75. The fraction of sp³-hybridized carbons (Fsp3) is 0.526. The highest BCUT2D eigenvalue weighted by Gasteiger charge is 2.35. The summed E-state index contributed by atoms with van der Waals surface area (Å²) < 4.78 is 5.04. The second-order valence-electron chi connectivity index (χ2n) is 7.34. The molecule has 0 saturated carbocycles. The lowest BCUT2D eigenvalue weighted by Gasteiger charge is -2.38. The minimum Gasteiger partial charge on any atom is -0.339 e. The first-order chi connectivity index (χ1) is 12.3. The Labute approximate surface area is 154 Å². The summed E-state index contributed by atoms with van der Waals surface area (Å²) in [6, 6.07) is 8.41. The molecule has 0 aliphatic carbocycles. The van der Waals surface area contributed by atoms with Gasteiger partial charge in [0.1, 0.15) is 0 Å². The number of urea groups is 1. The maximum Gasteiger partial charge on any atom is 0.320 e. The lowest BCUT2D eigenvalue weighted by molar-refractivity contribution is 0.125. The van der Waals surface area contributed by atoms with E-state index in [-0.39, 0.29) is 6.03 Å². The van der Waals surface area contributed by atoms with Gasteiger partial charge in [-0.15, -0.1) is 0 Å². The molecule has 0 spiro atoms. The van der Waals surface area contributed by atoms with Gasteiger partial charge in [-0.2, -0.15) is 4.98 Å². The Kier molecular flexibility index (Phi) is 5.00. The van der Waals surface area contributed by atoms with Crippen LogP contribution < -0.4 is 5.32 Å². The number of carbonyl (C=O) groups is 1. The number of likely N-dealkylation sites (tertiary alicyclic amines) is 1. The Bertz CT molecular complexity index is 768. The Balaban J connectivity index is 1.75. The highest BCUT2D eigenvalue weighted by Crippen LogP contribution is 2.30. The molecule has 1 aliphatic heterocycles. The number of amides is 2. The fourth-order valence-electron chi connectivity index (χ4n) is 3.26. The van der Waals surface area contributed by atoms with Gasteiger partial charge in [0.2, 0.25) is 11.7 Å². The number of hydrogen-bond acceptors (Lipinski definition) is 5. The van der Waals surface area contributed by atoms with E-state index >= 15 is 0 Å². The lowest BCUT2D eigenvalue weighted by Crippen LogP contribution is -2.49. The third kappa shape index (κ3) is 3.44. The number of rotatable bonds is 4. The number of carbonyl (C=O) groups excluding carboxylic acids is 1. The average molecular weight is 357 g/mol. The van der Waals surface area contributed by atoms with Gasteiger partial charge >= 0.3 is 6.03 Å². The van der Waals surface area contributed by atoms with E-state index in [4.69, 9.17) is 4.52 Å². The lowest BCUT2D eigenvalue weighted by atomic mass is 9.92. The van der Waals surface area contributed by atoms with Crippen LogP contribution in [-0.4, -0.2) is 59.2 Å². The molecule has 1 N–H and O–H groups in total. The second kappa shape index (κ2) is 7.07. The third-order valence-electron chi connectivity index (χ3n) is 5.37. The van der Waals surface area contributed by atoms with Gasteiger partial charge in [-0.05, 0) is 32.9 Å². The van der Waals surface area contributed by atoms with Gasteiger partial charge in [-0.1, -0.05) is 29.4 Å². The number of aryl methyl sites for hydroxylation is 1. The zero-order valence-corrected chi connectivity index (χ0v) is 16.1. The maximum atomic E-state index is 12.9. The molecule has 3 rings (SSSR count). The van der Waals surface area contributed by atoms with E-state index in [1.54, 1.807) is 6.92 Å². The first kappa shape index (κ1) is 18.4. The van der Waals surface area contributed by atoms with Crippen molar-refractivity contribution in [3.8, 4) is 11.4 Å². The predicted molar refractivity (Wildman–Crippen MR) is 99.7 cm³/mol. The molecule has 26 heavy (non-hydrogen) atoms. The smallest absolute Gasteiger partial charge is 0.320 e. The van der Waals surface area contributed by atoms with Gasteiger partial charge in [0, 0.05) is 38.7 Å². The monoisotopic (exact) mass is 357 g/mol. The van der Waals surface area contributed by atoms with Crippen LogP contribution >= 0.6 is 0 Å². The number of hydrogen-bond donors (Lipinski definition) is 1. The topological polar surface area (TPSA) is 74.5 Å². The largest absolute Gasteiger partial charge is 0.339 e. The first-order valence-electron chi connectivity index (χ1n) is 8.94. The molecular weight excluding hydrogens is 330 g/mol. The molecule has 7 heteroatoms. The van der Waals surface area contributed by atoms with E-state index in [0.717, 1.165) is 30.6 Å². The van der Waals surface area contributed by atoms with Crippen molar-refractivity contribution in [3.05, 3.63) is 35.7 Å². The molecule has 1 aliphatic rings. The molecule has 2 aromatic rings. The van der Waals surface area contributed by atoms with Crippen molar-refractivity contribution in [1.29, 1.82) is 0 Å². The molecule has 2 amide bonds. The van der Waals surface area contributed by atoms with Crippen LogP contribution in [0.5, 0.6) is 0 Å². The Morgan fingerprint density at radius 2 is 2.04 bits per heavy atom. The molecule has 7 nitrogen and oxygen atoms in total. The molecule has 1 unspecified atom stereocenters. The Hall–Kier alpha value is -2.41. The van der Waals surface area contributed by atoms with Crippen molar-refractivity contribution in [2.24, 2.45) is 0 Å². The summed E-state index contributed by atoms with van der Waals surface area (Å²) in [6.45, 7) is 7.44. The number of benzene rings is 1. The van der Waals surface area contributed by atoms with Crippen LogP contribution in [0.2, 0.25) is 0 Å². The first-order valence-corrected chi connectivity index (χ1v) is 8.94. The Morgan fingerprint density at radius 3 is 2.58 bits per heavy atom. The normalized spacial score (nSPS) is 17.6. The summed E-state index contributed by atoms with van der Waals surface area (Å²) in [5.74, 6) is 1.12. The standard InChI is InChI=1S/C19H27N5O2/c1-13-21-17(22-26-13)14-6-8-15(9-7-14)19(2,3)23(5)18(25)24-11-10-16(12-24)20-4/h6-9,16,20H,10-12H2,1-5H3. The molecule has 0 radical (unpaired) electrons. The van der Waals surface area contributed by atoms with Gasteiger partial charge in [0.15, 0.2) is 0 Å². The predicted octanol–water partition coefficient (Wildman–Crippen LogP) is 2.63. The van der Waals surface area contributed by atoms with Crippen LogP contribution in [-0.2, 0) is 5.54 Å². The van der Waals surface area contributed by atoms with Crippen LogP contribution in [0, 0.1) is 6.92 Å². The van der Waals surface area contributed by atoms with Gasteiger partial charge in [-0.25, -0.2) is 4.79 Å². The summed E-state index contributed by atoms with van der Waals surface area (Å²) in [4.78, 5) is 20.9. The van der Waals surface area contributed by atoms with E-state index in [9.17, 15) is 4.79 Å². The number of aromatic nitrogens is 2. The van der Waals surface area contributed by atoms with Gasteiger partial charge < -0.3 is 19.6 Å². The van der Waals surface area contributed by atoms with E-state index in [1.807, 2.05) is 48.2 Å². The molecule has 1 fully saturated rings. The van der Waals surface area contributed by atoms with Gasteiger partial charge in [0.05, 0.1) is 5.54 Å².